The lowest BCUT2D eigenvalue weighted by atomic mass is 10.1. The maximum atomic E-state index is 12.8. The molecule has 0 bridgehead atoms. The number of amides is 1. The van der Waals surface area contributed by atoms with Crippen LogP contribution in [-0.4, -0.2) is 36.8 Å². The molecule has 0 aliphatic rings. The molecule has 0 radical (unpaired) electrons. The molecule has 0 saturated heterocycles. The number of methoxy groups -OCH3 is 3. The molecule has 7 heteroatoms. The van der Waals surface area contributed by atoms with Crippen LogP contribution in [0.2, 0.25) is 0 Å². The number of anilines is 1. The van der Waals surface area contributed by atoms with Gasteiger partial charge in [-0.1, -0.05) is 12.1 Å². The van der Waals surface area contributed by atoms with Gasteiger partial charge in [0.1, 0.15) is 5.82 Å². The molecule has 7 nitrogen and oxygen atoms in total. The zero-order valence-electron chi connectivity index (χ0n) is 15.6. The van der Waals surface area contributed by atoms with Crippen LogP contribution in [0.15, 0.2) is 48.8 Å². The first-order chi connectivity index (χ1) is 13.1. The Morgan fingerprint density at radius 1 is 1.04 bits per heavy atom. The number of aryl methyl sites for hydroxylation is 1. The summed E-state index contributed by atoms with van der Waals surface area (Å²) in [5.74, 6) is 1.67. The second kappa shape index (κ2) is 7.82. The Hall–Kier alpha value is -3.48. The number of carbonyl (C=O) groups is 1. The summed E-state index contributed by atoms with van der Waals surface area (Å²) in [7, 11) is 6.43. The molecule has 27 heavy (non-hydrogen) atoms. The van der Waals surface area contributed by atoms with Gasteiger partial charge in [0.05, 0.1) is 26.9 Å². The lowest BCUT2D eigenvalue weighted by Crippen LogP contribution is -2.14. The molecule has 0 fully saturated rings. The van der Waals surface area contributed by atoms with E-state index in [1.165, 1.54) is 21.3 Å². The molecule has 1 heterocycles. The van der Waals surface area contributed by atoms with Gasteiger partial charge in [0.25, 0.3) is 5.91 Å². The molecule has 1 aromatic heterocycles. The van der Waals surface area contributed by atoms with Crippen LogP contribution in [0.3, 0.4) is 0 Å². The molecule has 140 valence electrons. The topological polar surface area (TPSA) is 74.6 Å². The Kier molecular flexibility index (Phi) is 5.30. The van der Waals surface area contributed by atoms with Gasteiger partial charge in [0.15, 0.2) is 11.5 Å². The van der Waals surface area contributed by atoms with Crippen LogP contribution in [0.5, 0.6) is 17.2 Å². The molecule has 0 unspecified atom stereocenters. The predicted octanol–water partition coefficient (Wildman–Crippen LogP) is 3.37. The van der Waals surface area contributed by atoms with Crippen LogP contribution in [0, 0.1) is 0 Å². The van der Waals surface area contributed by atoms with Gasteiger partial charge in [0, 0.05) is 30.7 Å². The van der Waals surface area contributed by atoms with Crippen molar-refractivity contribution in [2.24, 2.45) is 7.05 Å². The molecule has 3 rings (SSSR count). The zero-order chi connectivity index (χ0) is 19.4. The molecular weight excluding hydrogens is 346 g/mol. The van der Waals surface area contributed by atoms with Crippen LogP contribution in [0.4, 0.5) is 5.69 Å². The van der Waals surface area contributed by atoms with E-state index in [2.05, 4.69) is 10.3 Å². The van der Waals surface area contributed by atoms with Crippen LogP contribution in [0.25, 0.3) is 11.4 Å². The van der Waals surface area contributed by atoms with Gasteiger partial charge in [-0.25, -0.2) is 4.98 Å². The number of nitrogens with one attached hydrogen (secondary N) is 1. The van der Waals surface area contributed by atoms with Gasteiger partial charge in [0.2, 0.25) is 5.75 Å². The van der Waals surface area contributed by atoms with Crippen molar-refractivity contribution in [3.05, 3.63) is 54.4 Å². The van der Waals surface area contributed by atoms with E-state index in [0.29, 0.717) is 28.5 Å². The summed E-state index contributed by atoms with van der Waals surface area (Å²) in [6.45, 7) is 0. The third kappa shape index (κ3) is 3.57. The van der Waals surface area contributed by atoms with Gasteiger partial charge in [-0.15, -0.1) is 0 Å². The third-order valence-corrected chi connectivity index (χ3v) is 4.15. The zero-order valence-corrected chi connectivity index (χ0v) is 15.6. The van der Waals surface area contributed by atoms with E-state index < -0.39 is 0 Å². The van der Waals surface area contributed by atoms with E-state index >= 15 is 0 Å². The number of hydrogen-bond donors (Lipinski definition) is 1. The van der Waals surface area contributed by atoms with E-state index in [0.717, 1.165) is 11.4 Å². The molecule has 3 aromatic rings. The molecule has 0 spiro atoms. The molecule has 0 saturated carbocycles. The number of benzene rings is 2. The third-order valence-electron chi connectivity index (χ3n) is 4.15. The minimum Gasteiger partial charge on any atom is -0.493 e. The van der Waals surface area contributed by atoms with Crippen LogP contribution in [-0.2, 0) is 7.05 Å². The Labute approximate surface area is 157 Å². The number of hydrogen-bond acceptors (Lipinski definition) is 5. The number of nitrogens with zero attached hydrogens (tertiary/aromatic N) is 2. The lowest BCUT2D eigenvalue weighted by Gasteiger charge is -2.15. The molecule has 1 N–H and O–H groups in total. The van der Waals surface area contributed by atoms with E-state index in [1.807, 2.05) is 42.1 Å². The monoisotopic (exact) mass is 367 g/mol. The van der Waals surface area contributed by atoms with E-state index in [1.54, 1.807) is 18.3 Å². The molecule has 0 atom stereocenters. The summed E-state index contributed by atoms with van der Waals surface area (Å²) in [5, 5.41) is 2.89. The Morgan fingerprint density at radius 3 is 2.44 bits per heavy atom. The van der Waals surface area contributed by atoms with E-state index in [-0.39, 0.29) is 5.91 Å². The fourth-order valence-electron chi connectivity index (χ4n) is 2.86. The van der Waals surface area contributed by atoms with Gasteiger partial charge in [-0.05, 0) is 24.3 Å². The first-order valence-electron chi connectivity index (χ1n) is 8.27. The number of rotatable bonds is 6. The van der Waals surface area contributed by atoms with Crippen molar-refractivity contribution in [2.45, 2.75) is 0 Å². The summed E-state index contributed by atoms with van der Waals surface area (Å²) >= 11 is 0. The minimum atomic E-state index is -0.315. The number of imidazole rings is 1. The summed E-state index contributed by atoms with van der Waals surface area (Å²) in [5.41, 5.74) is 1.90. The number of ether oxygens (including phenoxy) is 3. The SMILES string of the molecule is COc1ccc(C(=O)Nc2cccc(-c3nccn3C)c2)c(OC)c1OC. The number of carbonyl (C=O) groups excluding carboxylic acids is 1. The first-order valence-corrected chi connectivity index (χ1v) is 8.27. The summed E-state index contributed by atoms with van der Waals surface area (Å²) < 4.78 is 17.9. The van der Waals surface area contributed by atoms with Crippen LogP contribution >= 0.6 is 0 Å². The molecule has 1 amide bonds. The fourth-order valence-corrected chi connectivity index (χ4v) is 2.86. The average molecular weight is 367 g/mol. The Balaban J connectivity index is 1.91. The van der Waals surface area contributed by atoms with Gasteiger partial charge in [-0.3, -0.25) is 4.79 Å². The van der Waals surface area contributed by atoms with Crippen molar-refractivity contribution in [1.82, 2.24) is 9.55 Å². The van der Waals surface area contributed by atoms with Gasteiger partial charge in [-0.2, -0.15) is 0 Å². The van der Waals surface area contributed by atoms with Crippen molar-refractivity contribution in [1.29, 1.82) is 0 Å². The maximum absolute atomic E-state index is 12.8. The van der Waals surface area contributed by atoms with Gasteiger partial charge < -0.3 is 24.1 Å². The Morgan fingerprint density at radius 2 is 1.81 bits per heavy atom. The Bertz CT molecular complexity index is 966. The largest absolute Gasteiger partial charge is 0.493 e. The average Bonchev–Trinajstić information content (AvgIpc) is 3.12. The highest BCUT2D eigenvalue weighted by molar-refractivity contribution is 6.07. The highest BCUT2D eigenvalue weighted by Crippen LogP contribution is 2.40. The predicted molar refractivity (Wildman–Crippen MR) is 103 cm³/mol. The van der Waals surface area contributed by atoms with Crippen molar-refractivity contribution in [3.63, 3.8) is 0 Å². The molecule has 0 aliphatic carbocycles. The van der Waals surface area contributed by atoms with Crippen molar-refractivity contribution >= 4 is 11.6 Å². The fraction of sp³-hybridized carbons (Fsp3) is 0.200. The number of aromatic nitrogens is 2. The van der Waals surface area contributed by atoms with Gasteiger partial charge >= 0.3 is 0 Å². The lowest BCUT2D eigenvalue weighted by molar-refractivity contribution is 0.102. The first kappa shape index (κ1) is 18.3. The molecular formula is C20H21N3O4. The summed E-state index contributed by atoms with van der Waals surface area (Å²) in [6, 6.07) is 10.8. The van der Waals surface area contributed by atoms with Crippen molar-refractivity contribution < 1.29 is 19.0 Å². The molecule has 0 aliphatic heterocycles. The summed E-state index contributed by atoms with van der Waals surface area (Å²) in [6.07, 6.45) is 3.60. The smallest absolute Gasteiger partial charge is 0.259 e. The molecule has 2 aromatic carbocycles. The van der Waals surface area contributed by atoms with E-state index in [4.69, 9.17) is 14.2 Å². The second-order valence-electron chi connectivity index (χ2n) is 5.78. The minimum absolute atomic E-state index is 0.314. The highest BCUT2D eigenvalue weighted by atomic mass is 16.5. The van der Waals surface area contributed by atoms with E-state index in [9.17, 15) is 4.79 Å². The highest BCUT2D eigenvalue weighted by Gasteiger charge is 2.21. The maximum Gasteiger partial charge on any atom is 0.259 e. The normalized spacial score (nSPS) is 10.4. The van der Waals surface area contributed by atoms with Crippen LogP contribution in [0.1, 0.15) is 10.4 Å². The van der Waals surface area contributed by atoms with Crippen molar-refractivity contribution in [3.8, 4) is 28.6 Å². The van der Waals surface area contributed by atoms with Crippen molar-refractivity contribution in [2.75, 3.05) is 26.6 Å². The standard InChI is InChI=1S/C20H21N3O4/c1-23-11-10-21-19(23)13-6-5-7-14(12-13)22-20(24)15-8-9-16(25-2)18(27-4)17(15)26-3/h5-12H,1-4H3,(H,22,24). The quantitative estimate of drug-likeness (QED) is 0.723. The second-order valence-corrected chi connectivity index (χ2v) is 5.78. The van der Waals surface area contributed by atoms with Crippen LogP contribution < -0.4 is 19.5 Å². The summed E-state index contributed by atoms with van der Waals surface area (Å²) in [4.78, 5) is 17.2.